The van der Waals surface area contributed by atoms with Crippen molar-refractivity contribution < 1.29 is 14.6 Å². The van der Waals surface area contributed by atoms with Crippen molar-refractivity contribution in [2.24, 2.45) is 0 Å². The van der Waals surface area contributed by atoms with E-state index in [9.17, 15) is 9.90 Å². The zero-order chi connectivity index (χ0) is 12.8. The minimum atomic E-state index is -0.597. The molecule has 1 atom stereocenters. The van der Waals surface area contributed by atoms with Gasteiger partial charge < -0.3 is 9.84 Å². The highest BCUT2D eigenvalue weighted by Crippen LogP contribution is 2.22. The third-order valence-corrected chi connectivity index (χ3v) is 2.71. The van der Waals surface area contributed by atoms with Crippen LogP contribution in [0.4, 0.5) is 0 Å². The lowest BCUT2D eigenvalue weighted by Gasteiger charge is -2.13. The first-order valence-electron chi connectivity index (χ1n) is 5.95. The number of hydrogen-bond acceptors (Lipinski definition) is 3. The number of aliphatic hydroxyl groups excluding tert-OH is 1. The summed E-state index contributed by atoms with van der Waals surface area (Å²) in [5.74, 6) is -0.253. The lowest BCUT2D eigenvalue weighted by molar-refractivity contribution is -0.143. The van der Waals surface area contributed by atoms with E-state index in [0.717, 1.165) is 11.1 Å². The van der Waals surface area contributed by atoms with Gasteiger partial charge in [0.2, 0.25) is 0 Å². The summed E-state index contributed by atoms with van der Waals surface area (Å²) in [6.45, 7) is 6.15. The Morgan fingerprint density at radius 1 is 1.41 bits per heavy atom. The van der Waals surface area contributed by atoms with Crippen LogP contribution in [0.3, 0.4) is 0 Å². The van der Waals surface area contributed by atoms with Crippen molar-refractivity contribution in [2.75, 3.05) is 6.61 Å². The molecule has 0 aromatic heterocycles. The molecule has 1 aromatic carbocycles. The fraction of sp³-hybridized carbons (Fsp3) is 0.500. The molecule has 1 unspecified atom stereocenters. The Bertz CT molecular complexity index is 385. The molecule has 0 aliphatic rings. The van der Waals surface area contributed by atoms with E-state index in [4.69, 9.17) is 4.74 Å². The van der Waals surface area contributed by atoms with Crippen LogP contribution in [0.5, 0.6) is 0 Å². The van der Waals surface area contributed by atoms with Crippen molar-refractivity contribution in [3.8, 4) is 0 Å². The maximum atomic E-state index is 11.2. The predicted molar refractivity (Wildman–Crippen MR) is 66.7 cm³/mol. The van der Waals surface area contributed by atoms with E-state index in [1.807, 2.05) is 32.0 Å². The van der Waals surface area contributed by atoms with Gasteiger partial charge >= 0.3 is 5.97 Å². The van der Waals surface area contributed by atoms with Crippen LogP contribution in [0, 0.1) is 13.8 Å². The van der Waals surface area contributed by atoms with Crippen molar-refractivity contribution in [1.29, 1.82) is 0 Å². The maximum absolute atomic E-state index is 11.2. The molecule has 0 fully saturated rings. The van der Waals surface area contributed by atoms with Gasteiger partial charge in [-0.25, -0.2) is 0 Å². The quantitative estimate of drug-likeness (QED) is 0.799. The van der Waals surface area contributed by atoms with E-state index < -0.39 is 6.10 Å². The van der Waals surface area contributed by atoms with Crippen LogP contribution in [0.25, 0.3) is 0 Å². The molecule has 0 aliphatic heterocycles. The summed E-state index contributed by atoms with van der Waals surface area (Å²) < 4.78 is 4.83. The van der Waals surface area contributed by atoms with Crippen LogP contribution in [0.2, 0.25) is 0 Å². The van der Waals surface area contributed by atoms with Crippen molar-refractivity contribution in [3.05, 3.63) is 34.9 Å². The van der Waals surface area contributed by atoms with E-state index >= 15 is 0 Å². The molecule has 94 valence electrons. The van der Waals surface area contributed by atoms with Crippen LogP contribution in [0.15, 0.2) is 18.2 Å². The second-order valence-corrected chi connectivity index (χ2v) is 4.22. The molecule has 3 nitrogen and oxygen atoms in total. The molecule has 0 heterocycles. The number of ether oxygens (including phenoxy) is 1. The lowest BCUT2D eigenvalue weighted by Crippen LogP contribution is -2.07. The highest BCUT2D eigenvalue weighted by atomic mass is 16.5. The van der Waals surface area contributed by atoms with Gasteiger partial charge in [-0.15, -0.1) is 0 Å². The van der Waals surface area contributed by atoms with Gasteiger partial charge in [0.25, 0.3) is 0 Å². The fourth-order valence-electron chi connectivity index (χ4n) is 1.84. The largest absolute Gasteiger partial charge is 0.466 e. The summed E-state index contributed by atoms with van der Waals surface area (Å²) in [7, 11) is 0. The summed E-state index contributed by atoms with van der Waals surface area (Å²) in [5.41, 5.74) is 3.12. The van der Waals surface area contributed by atoms with Gasteiger partial charge in [0.15, 0.2) is 0 Å². The summed E-state index contributed by atoms with van der Waals surface area (Å²) in [5, 5.41) is 10.0. The number of hydrogen-bond donors (Lipinski definition) is 1. The summed E-state index contributed by atoms with van der Waals surface area (Å²) in [6.07, 6.45) is 0.0606. The summed E-state index contributed by atoms with van der Waals surface area (Å²) in [6, 6.07) is 5.92. The SMILES string of the molecule is CCOC(=O)CCC(O)c1ccc(C)cc1C. The number of aryl methyl sites for hydroxylation is 2. The number of carbonyl (C=O) groups is 1. The molecule has 1 aromatic rings. The first-order valence-corrected chi connectivity index (χ1v) is 5.95. The van der Waals surface area contributed by atoms with E-state index in [1.54, 1.807) is 6.92 Å². The Morgan fingerprint density at radius 3 is 2.71 bits per heavy atom. The summed E-state index contributed by atoms with van der Waals surface area (Å²) in [4.78, 5) is 11.2. The third kappa shape index (κ3) is 4.19. The van der Waals surface area contributed by atoms with Gasteiger partial charge in [0.05, 0.1) is 12.7 Å². The zero-order valence-electron chi connectivity index (χ0n) is 10.7. The zero-order valence-corrected chi connectivity index (χ0v) is 10.7. The van der Waals surface area contributed by atoms with Gasteiger partial charge in [0.1, 0.15) is 0 Å². The Morgan fingerprint density at radius 2 is 2.12 bits per heavy atom. The molecule has 0 bridgehead atoms. The van der Waals surface area contributed by atoms with Crippen LogP contribution in [-0.2, 0) is 9.53 Å². The number of benzene rings is 1. The van der Waals surface area contributed by atoms with Crippen LogP contribution >= 0.6 is 0 Å². The molecule has 3 heteroatoms. The maximum Gasteiger partial charge on any atom is 0.305 e. The fourth-order valence-corrected chi connectivity index (χ4v) is 1.84. The van der Waals surface area contributed by atoms with Crippen molar-refractivity contribution in [2.45, 2.75) is 39.7 Å². The smallest absolute Gasteiger partial charge is 0.305 e. The molecule has 0 radical (unpaired) electrons. The molecule has 1 N–H and O–H groups in total. The van der Waals surface area contributed by atoms with Crippen molar-refractivity contribution in [3.63, 3.8) is 0 Å². The number of esters is 1. The first kappa shape index (κ1) is 13.7. The van der Waals surface area contributed by atoms with E-state index in [-0.39, 0.29) is 12.4 Å². The second kappa shape index (κ2) is 6.40. The topological polar surface area (TPSA) is 46.5 Å². The molecule has 1 rings (SSSR count). The van der Waals surface area contributed by atoms with Gasteiger partial charge in [-0.05, 0) is 38.3 Å². The van der Waals surface area contributed by atoms with E-state index in [1.165, 1.54) is 5.56 Å². The highest BCUT2D eigenvalue weighted by molar-refractivity contribution is 5.69. The van der Waals surface area contributed by atoms with Crippen LogP contribution in [-0.4, -0.2) is 17.7 Å². The second-order valence-electron chi connectivity index (χ2n) is 4.22. The Balaban J connectivity index is 2.57. The normalized spacial score (nSPS) is 12.2. The molecular formula is C14H20O3. The average Bonchev–Trinajstić information content (AvgIpc) is 2.26. The van der Waals surface area contributed by atoms with Crippen molar-refractivity contribution >= 4 is 5.97 Å². The monoisotopic (exact) mass is 236 g/mol. The first-order chi connectivity index (χ1) is 8.04. The van der Waals surface area contributed by atoms with Gasteiger partial charge in [-0.3, -0.25) is 4.79 Å². The lowest BCUT2D eigenvalue weighted by atomic mass is 9.98. The standard InChI is InChI=1S/C14H20O3/c1-4-17-14(16)8-7-13(15)12-6-5-10(2)9-11(12)3/h5-6,9,13,15H,4,7-8H2,1-3H3. The van der Waals surface area contributed by atoms with Gasteiger partial charge in [-0.2, -0.15) is 0 Å². The summed E-state index contributed by atoms with van der Waals surface area (Å²) >= 11 is 0. The minimum absolute atomic E-state index is 0.252. The average molecular weight is 236 g/mol. The molecular weight excluding hydrogens is 216 g/mol. The molecule has 0 spiro atoms. The van der Waals surface area contributed by atoms with E-state index in [2.05, 4.69) is 0 Å². The Labute approximate surface area is 102 Å². The molecule has 0 saturated carbocycles. The Hall–Kier alpha value is -1.35. The van der Waals surface area contributed by atoms with Crippen molar-refractivity contribution in [1.82, 2.24) is 0 Å². The minimum Gasteiger partial charge on any atom is -0.466 e. The van der Waals surface area contributed by atoms with Gasteiger partial charge in [0, 0.05) is 6.42 Å². The molecule has 17 heavy (non-hydrogen) atoms. The number of aliphatic hydroxyl groups is 1. The molecule has 0 aliphatic carbocycles. The van der Waals surface area contributed by atoms with Gasteiger partial charge in [-0.1, -0.05) is 23.8 Å². The third-order valence-electron chi connectivity index (χ3n) is 2.71. The predicted octanol–water partition coefficient (Wildman–Crippen LogP) is 2.68. The van der Waals surface area contributed by atoms with E-state index in [0.29, 0.717) is 13.0 Å². The Kier molecular flexibility index (Phi) is 5.16. The van der Waals surface area contributed by atoms with Crippen LogP contribution in [0.1, 0.15) is 42.6 Å². The molecule has 0 amide bonds. The number of carbonyl (C=O) groups excluding carboxylic acids is 1. The highest BCUT2D eigenvalue weighted by Gasteiger charge is 2.12. The van der Waals surface area contributed by atoms with Crippen LogP contribution < -0.4 is 0 Å². The number of rotatable bonds is 5. The molecule has 0 saturated heterocycles.